The van der Waals surface area contributed by atoms with Crippen LogP contribution in [0.4, 0.5) is 0 Å². The molecule has 1 atom stereocenters. The first kappa shape index (κ1) is 13.4. The van der Waals surface area contributed by atoms with Crippen molar-refractivity contribution in [3.63, 3.8) is 0 Å². The molecular weight excluding hydrogens is 320 g/mol. The number of likely N-dealkylation sites (N-methyl/N-ethyl adjacent to an activating group) is 1. The predicted octanol–water partition coefficient (Wildman–Crippen LogP) is 2.06. The smallest absolute Gasteiger partial charge is 0.253 e. The first-order valence-corrected chi connectivity index (χ1v) is 6.67. The van der Waals surface area contributed by atoms with Gasteiger partial charge in [-0.15, -0.1) is 0 Å². The molecule has 1 N–H and O–H groups in total. The van der Waals surface area contributed by atoms with Crippen molar-refractivity contribution < 1.29 is 9.59 Å². The fraction of sp³-hybridized carbons (Fsp3) is 0.333. The van der Waals surface area contributed by atoms with Gasteiger partial charge in [-0.05, 0) is 34.5 Å². The summed E-state index contributed by atoms with van der Waals surface area (Å²) in [7, 11) is 1.72. The van der Waals surface area contributed by atoms with Gasteiger partial charge < -0.3 is 10.2 Å². The molecule has 1 fully saturated rings. The van der Waals surface area contributed by atoms with Crippen molar-refractivity contribution in [1.82, 2.24) is 10.2 Å². The number of likely N-dealkylation sites (tertiary alicyclic amines) is 1. The number of carbonyl (C=O) groups excluding carboxylic acids is 2. The summed E-state index contributed by atoms with van der Waals surface area (Å²) in [5.74, 6) is -0.385. The van der Waals surface area contributed by atoms with Gasteiger partial charge in [0.2, 0.25) is 5.91 Å². The monoisotopic (exact) mass is 330 g/mol. The minimum absolute atomic E-state index is 0.0607. The van der Waals surface area contributed by atoms with Gasteiger partial charge in [-0.25, -0.2) is 0 Å². The van der Waals surface area contributed by atoms with E-state index in [9.17, 15) is 9.59 Å². The number of benzene rings is 1. The van der Waals surface area contributed by atoms with Gasteiger partial charge in [-0.2, -0.15) is 0 Å². The van der Waals surface area contributed by atoms with Crippen molar-refractivity contribution in [3.05, 3.63) is 33.3 Å². The van der Waals surface area contributed by atoms with Crippen LogP contribution in [0.15, 0.2) is 22.7 Å². The molecule has 1 saturated heterocycles. The van der Waals surface area contributed by atoms with Gasteiger partial charge in [0.25, 0.3) is 5.91 Å². The molecule has 1 aliphatic rings. The number of hydrogen-bond donors (Lipinski definition) is 1. The van der Waals surface area contributed by atoms with E-state index in [0.717, 1.165) is 0 Å². The quantitative estimate of drug-likeness (QED) is 0.902. The average molecular weight is 332 g/mol. The van der Waals surface area contributed by atoms with Crippen LogP contribution in [-0.4, -0.2) is 36.3 Å². The molecule has 1 aromatic carbocycles. The van der Waals surface area contributed by atoms with Crippen molar-refractivity contribution in [2.24, 2.45) is 0 Å². The largest absolute Gasteiger partial charge is 0.344 e. The van der Waals surface area contributed by atoms with Crippen LogP contribution in [0.2, 0.25) is 5.02 Å². The lowest BCUT2D eigenvalue weighted by Crippen LogP contribution is -2.40. The fourth-order valence-corrected chi connectivity index (χ4v) is 2.45. The van der Waals surface area contributed by atoms with Gasteiger partial charge in [0.05, 0.1) is 10.6 Å². The Morgan fingerprint density at radius 1 is 1.56 bits per heavy atom. The number of nitrogens with one attached hydrogen (secondary N) is 1. The molecule has 6 heteroatoms. The highest BCUT2D eigenvalue weighted by molar-refractivity contribution is 9.10. The molecular formula is C12H12BrClN2O2. The third kappa shape index (κ3) is 2.52. The van der Waals surface area contributed by atoms with E-state index in [4.69, 9.17) is 11.6 Å². The third-order valence-corrected chi connectivity index (χ3v) is 4.23. The molecule has 4 nitrogen and oxygen atoms in total. The number of carbonyl (C=O) groups is 2. The van der Waals surface area contributed by atoms with E-state index in [1.807, 2.05) is 0 Å². The van der Waals surface area contributed by atoms with E-state index < -0.39 is 6.04 Å². The van der Waals surface area contributed by atoms with E-state index in [2.05, 4.69) is 21.2 Å². The van der Waals surface area contributed by atoms with E-state index in [-0.39, 0.29) is 11.8 Å². The van der Waals surface area contributed by atoms with Gasteiger partial charge in [-0.3, -0.25) is 9.59 Å². The van der Waals surface area contributed by atoms with Crippen molar-refractivity contribution in [2.75, 3.05) is 13.6 Å². The minimum Gasteiger partial charge on any atom is -0.344 e. The van der Waals surface area contributed by atoms with Gasteiger partial charge in [-0.1, -0.05) is 17.7 Å². The Morgan fingerprint density at radius 3 is 2.89 bits per heavy atom. The lowest BCUT2D eigenvalue weighted by atomic mass is 10.2. The van der Waals surface area contributed by atoms with Crippen LogP contribution >= 0.6 is 27.5 Å². The van der Waals surface area contributed by atoms with E-state index >= 15 is 0 Å². The molecule has 2 rings (SSSR count). The summed E-state index contributed by atoms with van der Waals surface area (Å²) >= 11 is 9.30. The standard InChI is InChI=1S/C12H12BrClN2O2/c1-16-6-5-9(12(16)18)15-11(17)7-3-2-4-8(13)10(7)14/h2-4,9H,5-6H2,1H3,(H,15,17). The second-order valence-corrected chi connectivity index (χ2v) is 5.41. The maximum Gasteiger partial charge on any atom is 0.253 e. The zero-order valence-electron chi connectivity index (χ0n) is 9.74. The highest BCUT2D eigenvalue weighted by Crippen LogP contribution is 2.26. The Balaban J connectivity index is 2.13. The molecule has 0 bridgehead atoms. The summed E-state index contributed by atoms with van der Waals surface area (Å²) in [4.78, 5) is 25.3. The molecule has 1 heterocycles. The van der Waals surface area contributed by atoms with E-state index in [1.165, 1.54) is 0 Å². The van der Waals surface area contributed by atoms with Crippen LogP contribution in [0.3, 0.4) is 0 Å². The lowest BCUT2D eigenvalue weighted by Gasteiger charge is -2.13. The number of rotatable bonds is 2. The van der Waals surface area contributed by atoms with Crippen LogP contribution in [0.5, 0.6) is 0 Å². The topological polar surface area (TPSA) is 49.4 Å². The predicted molar refractivity (Wildman–Crippen MR) is 72.7 cm³/mol. The van der Waals surface area contributed by atoms with Crippen molar-refractivity contribution in [3.8, 4) is 0 Å². The molecule has 0 aliphatic carbocycles. The highest BCUT2D eigenvalue weighted by Gasteiger charge is 2.30. The Morgan fingerprint density at radius 2 is 2.28 bits per heavy atom. The Hall–Kier alpha value is -1.07. The maximum absolute atomic E-state index is 12.0. The lowest BCUT2D eigenvalue weighted by molar-refractivity contribution is -0.128. The summed E-state index contributed by atoms with van der Waals surface area (Å²) in [6.07, 6.45) is 0.632. The van der Waals surface area contributed by atoms with Crippen LogP contribution in [0, 0.1) is 0 Å². The van der Waals surface area contributed by atoms with Crippen molar-refractivity contribution in [1.29, 1.82) is 0 Å². The SMILES string of the molecule is CN1CCC(NC(=O)c2cccc(Br)c2Cl)C1=O. The molecule has 18 heavy (non-hydrogen) atoms. The van der Waals surface area contributed by atoms with Crippen LogP contribution in [-0.2, 0) is 4.79 Å². The third-order valence-electron chi connectivity index (χ3n) is 2.93. The van der Waals surface area contributed by atoms with Gasteiger partial charge >= 0.3 is 0 Å². The molecule has 96 valence electrons. The number of nitrogens with zero attached hydrogens (tertiary/aromatic N) is 1. The van der Waals surface area contributed by atoms with Crippen LogP contribution in [0.1, 0.15) is 16.8 Å². The summed E-state index contributed by atoms with van der Waals surface area (Å²) in [5, 5.41) is 3.06. The second kappa shape index (κ2) is 5.28. The molecule has 1 aliphatic heterocycles. The molecule has 1 unspecified atom stereocenters. The summed E-state index contributed by atoms with van der Waals surface area (Å²) in [5.41, 5.74) is 0.369. The summed E-state index contributed by atoms with van der Waals surface area (Å²) in [6, 6.07) is 4.67. The Labute approximate surface area is 118 Å². The first-order valence-electron chi connectivity index (χ1n) is 5.50. The molecule has 2 amide bonds. The van der Waals surface area contributed by atoms with Crippen molar-refractivity contribution in [2.45, 2.75) is 12.5 Å². The minimum atomic E-state index is -0.447. The highest BCUT2D eigenvalue weighted by atomic mass is 79.9. The van der Waals surface area contributed by atoms with Crippen LogP contribution < -0.4 is 5.32 Å². The number of halogens is 2. The summed E-state index contributed by atoms with van der Waals surface area (Å²) < 4.78 is 0.659. The maximum atomic E-state index is 12.0. The van der Waals surface area contributed by atoms with Crippen LogP contribution in [0.25, 0.3) is 0 Å². The van der Waals surface area contributed by atoms with Crippen molar-refractivity contribution >= 4 is 39.3 Å². The number of amides is 2. The first-order chi connectivity index (χ1) is 8.50. The molecule has 0 spiro atoms. The number of hydrogen-bond acceptors (Lipinski definition) is 2. The van der Waals surface area contributed by atoms with E-state index in [1.54, 1.807) is 30.1 Å². The second-order valence-electron chi connectivity index (χ2n) is 4.18. The van der Waals surface area contributed by atoms with Gasteiger partial charge in [0, 0.05) is 18.1 Å². The zero-order chi connectivity index (χ0) is 13.3. The molecule has 1 aromatic rings. The normalized spacial score (nSPS) is 19.2. The Bertz CT molecular complexity index is 507. The molecule has 0 aromatic heterocycles. The van der Waals surface area contributed by atoms with Gasteiger partial charge in [0.1, 0.15) is 6.04 Å². The Kier molecular flexibility index (Phi) is 3.92. The van der Waals surface area contributed by atoms with Gasteiger partial charge in [0.15, 0.2) is 0 Å². The average Bonchev–Trinajstić information content (AvgIpc) is 2.64. The summed E-state index contributed by atoms with van der Waals surface area (Å²) in [6.45, 7) is 0.663. The molecule has 0 saturated carbocycles. The fourth-order valence-electron chi connectivity index (χ4n) is 1.87. The van der Waals surface area contributed by atoms with E-state index in [0.29, 0.717) is 28.0 Å². The zero-order valence-corrected chi connectivity index (χ0v) is 12.1. The molecule has 0 radical (unpaired) electrons.